The maximum atomic E-state index is 13.0. The molecule has 0 saturated carbocycles. The SMILES string of the molecule is CC(NC1CCN(Cc2ccc(F)cc2)CC1)c1ccc2[nH]c(=O)[nH]c2c1. The standard InChI is InChI=1S/C21H25FN4O/c1-14(16-4-7-19-20(12-16)25-21(27)24-19)23-18-8-10-26(11-9-18)13-15-2-5-17(22)6-3-15/h2-7,12,14,18,23H,8-11,13H2,1H3,(H2,24,25,27). The van der Waals surface area contributed by atoms with Crippen LogP contribution in [0.25, 0.3) is 11.0 Å². The average molecular weight is 368 g/mol. The van der Waals surface area contributed by atoms with Crippen LogP contribution in [0.15, 0.2) is 47.3 Å². The number of piperidine rings is 1. The molecule has 0 radical (unpaired) electrons. The monoisotopic (exact) mass is 368 g/mol. The fourth-order valence-electron chi connectivity index (χ4n) is 3.88. The van der Waals surface area contributed by atoms with Crippen LogP contribution in [0, 0.1) is 5.82 Å². The van der Waals surface area contributed by atoms with Crippen molar-refractivity contribution in [2.24, 2.45) is 0 Å². The van der Waals surface area contributed by atoms with Gasteiger partial charge >= 0.3 is 5.69 Å². The largest absolute Gasteiger partial charge is 0.323 e. The molecule has 27 heavy (non-hydrogen) atoms. The Kier molecular flexibility index (Phi) is 5.09. The molecule has 0 spiro atoms. The number of hydrogen-bond donors (Lipinski definition) is 3. The number of rotatable bonds is 5. The van der Waals surface area contributed by atoms with Crippen LogP contribution >= 0.6 is 0 Å². The van der Waals surface area contributed by atoms with E-state index in [1.807, 2.05) is 24.3 Å². The molecule has 5 nitrogen and oxygen atoms in total. The molecule has 0 aliphatic carbocycles. The first-order valence-electron chi connectivity index (χ1n) is 9.51. The number of H-pyrrole nitrogens is 2. The summed E-state index contributed by atoms with van der Waals surface area (Å²) in [6.45, 7) is 5.11. The van der Waals surface area contributed by atoms with Gasteiger partial charge in [0.2, 0.25) is 0 Å². The molecule has 2 heterocycles. The van der Waals surface area contributed by atoms with Gasteiger partial charge in [-0.15, -0.1) is 0 Å². The van der Waals surface area contributed by atoms with E-state index in [0.29, 0.717) is 6.04 Å². The Morgan fingerprint density at radius 1 is 1.11 bits per heavy atom. The van der Waals surface area contributed by atoms with Gasteiger partial charge in [-0.3, -0.25) is 4.90 Å². The summed E-state index contributed by atoms with van der Waals surface area (Å²) in [6.07, 6.45) is 2.18. The van der Waals surface area contributed by atoms with Crippen LogP contribution in [0.4, 0.5) is 4.39 Å². The molecular weight excluding hydrogens is 343 g/mol. The van der Waals surface area contributed by atoms with Gasteiger partial charge < -0.3 is 15.3 Å². The predicted octanol–water partition coefficient (Wildman–Crippen LogP) is 3.31. The van der Waals surface area contributed by atoms with Crippen molar-refractivity contribution in [3.63, 3.8) is 0 Å². The van der Waals surface area contributed by atoms with Gasteiger partial charge in [-0.1, -0.05) is 18.2 Å². The first kappa shape index (κ1) is 17.9. The maximum Gasteiger partial charge on any atom is 0.323 e. The molecule has 4 rings (SSSR count). The zero-order chi connectivity index (χ0) is 18.8. The van der Waals surface area contributed by atoms with E-state index in [4.69, 9.17) is 0 Å². The molecule has 1 unspecified atom stereocenters. The minimum absolute atomic E-state index is 0.170. The first-order valence-corrected chi connectivity index (χ1v) is 9.51. The van der Waals surface area contributed by atoms with E-state index in [-0.39, 0.29) is 17.5 Å². The number of halogens is 1. The third-order valence-corrected chi connectivity index (χ3v) is 5.43. The number of nitrogens with zero attached hydrogens (tertiary/aromatic N) is 1. The van der Waals surface area contributed by atoms with Crippen molar-refractivity contribution in [3.05, 3.63) is 69.9 Å². The lowest BCUT2D eigenvalue weighted by Crippen LogP contribution is -2.42. The molecule has 0 bridgehead atoms. The summed E-state index contributed by atoms with van der Waals surface area (Å²) in [5, 5.41) is 3.72. The zero-order valence-electron chi connectivity index (χ0n) is 15.5. The fourth-order valence-corrected chi connectivity index (χ4v) is 3.88. The summed E-state index contributed by atoms with van der Waals surface area (Å²) in [6, 6.07) is 13.5. The molecule has 6 heteroatoms. The molecule has 2 aromatic carbocycles. The second-order valence-electron chi connectivity index (χ2n) is 7.45. The molecule has 3 N–H and O–H groups in total. The molecule has 1 fully saturated rings. The summed E-state index contributed by atoms with van der Waals surface area (Å²) in [7, 11) is 0. The number of fused-ring (bicyclic) bond motifs is 1. The highest BCUT2D eigenvalue weighted by molar-refractivity contribution is 5.75. The molecule has 1 aliphatic heterocycles. The number of hydrogen-bond acceptors (Lipinski definition) is 3. The van der Waals surface area contributed by atoms with Gasteiger partial charge in [0.15, 0.2) is 0 Å². The van der Waals surface area contributed by atoms with E-state index >= 15 is 0 Å². The van der Waals surface area contributed by atoms with Gasteiger partial charge in [0, 0.05) is 18.6 Å². The second kappa shape index (κ2) is 7.66. The molecule has 1 aliphatic rings. The Balaban J connectivity index is 1.31. The Labute approximate surface area is 157 Å². The van der Waals surface area contributed by atoms with E-state index in [9.17, 15) is 9.18 Å². The molecule has 3 aromatic rings. The van der Waals surface area contributed by atoms with Crippen LogP contribution in [-0.4, -0.2) is 34.0 Å². The summed E-state index contributed by atoms with van der Waals surface area (Å²) < 4.78 is 13.0. The number of benzene rings is 2. The minimum atomic E-state index is -0.183. The Morgan fingerprint density at radius 2 is 1.81 bits per heavy atom. The first-order chi connectivity index (χ1) is 13.1. The van der Waals surface area contributed by atoms with Crippen molar-refractivity contribution in [2.45, 2.75) is 38.4 Å². The average Bonchev–Trinajstić information content (AvgIpc) is 3.04. The van der Waals surface area contributed by atoms with E-state index in [1.165, 1.54) is 17.7 Å². The van der Waals surface area contributed by atoms with E-state index in [2.05, 4.69) is 33.2 Å². The van der Waals surface area contributed by atoms with E-state index < -0.39 is 0 Å². The van der Waals surface area contributed by atoms with Gasteiger partial charge in [-0.05, 0) is 68.2 Å². The topological polar surface area (TPSA) is 63.9 Å². The van der Waals surface area contributed by atoms with Gasteiger partial charge in [-0.25, -0.2) is 9.18 Å². The van der Waals surface area contributed by atoms with E-state index in [1.54, 1.807) is 0 Å². The normalized spacial score (nSPS) is 17.4. The molecule has 142 valence electrons. The van der Waals surface area contributed by atoms with Crippen LogP contribution in [0.2, 0.25) is 0 Å². The highest BCUT2D eigenvalue weighted by Crippen LogP contribution is 2.21. The highest BCUT2D eigenvalue weighted by atomic mass is 19.1. The Morgan fingerprint density at radius 3 is 2.56 bits per heavy atom. The van der Waals surface area contributed by atoms with Crippen molar-refractivity contribution >= 4 is 11.0 Å². The second-order valence-corrected chi connectivity index (χ2v) is 7.45. The fraction of sp³-hybridized carbons (Fsp3) is 0.381. The molecule has 1 saturated heterocycles. The van der Waals surface area contributed by atoms with Gasteiger partial charge in [0.1, 0.15) is 5.82 Å². The van der Waals surface area contributed by atoms with Crippen molar-refractivity contribution in [3.8, 4) is 0 Å². The lowest BCUT2D eigenvalue weighted by molar-refractivity contribution is 0.185. The number of aromatic nitrogens is 2. The predicted molar refractivity (Wildman–Crippen MR) is 105 cm³/mol. The van der Waals surface area contributed by atoms with E-state index in [0.717, 1.165) is 49.1 Å². The lowest BCUT2D eigenvalue weighted by Gasteiger charge is -2.34. The quantitative estimate of drug-likeness (QED) is 0.647. The Bertz CT molecular complexity index is 954. The summed E-state index contributed by atoms with van der Waals surface area (Å²) in [4.78, 5) is 19.4. The Hall–Kier alpha value is -2.44. The smallest absolute Gasteiger partial charge is 0.307 e. The minimum Gasteiger partial charge on any atom is -0.307 e. The van der Waals surface area contributed by atoms with Crippen LogP contribution in [0.3, 0.4) is 0 Å². The van der Waals surface area contributed by atoms with Crippen molar-refractivity contribution < 1.29 is 4.39 Å². The summed E-state index contributed by atoms with van der Waals surface area (Å²) >= 11 is 0. The zero-order valence-corrected chi connectivity index (χ0v) is 15.5. The van der Waals surface area contributed by atoms with Gasteiger partial charge in [-0.2, -0.15) is 0 Å². The highest BCUT2D eigenvalue weighted by Gasteiger charge is 2.21. The summed E-state index contributed by atoms with van der Waals surface area (Å²) in [5.74, 6) is -0.183. The van der Waals surface area contributed by atoms with Gasteiger partial charge in [0.05, 0.1) is 11.0 Å². The molecule has 1 atom stereocenters. The molecule has 1 aromatic heterocycles. The van der Waals surface area contributed by atoms with Crippen molar-refractivity contribution in [2.75, 3.05) is 13.1 Å². The number of nitrogens with one attached hydrogen (secondary N) is 3. The lowest BCUT2D eigenvalue weighted by atomic mass is 10.0. The number of imidazole rings is 1. The van der Waals surface area contributed by atoms with Gasteiger partial charge in [0.25, 0.3) is 0 Å². The maximum absolute atomic E-state index is 13.0. The third-order valence-electron chi connectivity index (χ3n) is 5.43. The van der Waals surface area contributed by atoms with Crippen LogP contribution < -0.4 is 11.0 Å². The summed E-state index contributed by atoms with van der Waals surface area (Å²) in [5.41, 5.74) is 3.85. The van der Waals surface area contributed by atoms with Crippen molar-refractivity contribution in [1.29, 1.82) is 0 Å². The number of aromatic amines is 2. The van der Waals surface area contributed by atoms with Crippen molar-refractivity contribution in [1.82, 2.24) is 20.2 Å². The third kappa shape index (κ3) is 4.28. The number of likely N-dealkylation sites (tertiary alicyclic amines) is 1. The molecular formula is C21H25FN4O. The molecule has 0 amide bonds. The van der Waals surface area contributed by atoms with Crippen LogP contribution in [0.5, 0.6) is 0 Å². The van der Waals surface area contributed by atoms with Crippen LogP contribution in [0.1, 0.15) is 36.9 Å². The van der Waals surface area contributed by atoms with Crippen LogP contribution in [-0.2, 0) is 6.54 Å².